The highest BCUT2D eigenvalue weighted by molar-refractivity contribution is 6.62. The topological polar surface area (TPSA) is 48.0 Å². The standard InChI is InChI=1S/C18H27BFNO4/c1-8-21(9-2)16(22)15-13(20)10-12(11-14(15)23-7)19-24-17(3,4)18(5,6)25-19/h10-11H,8-9H2,1-7H3. The minimum absolute atomic E-state index is 0.0635. The van der Waals surface area contributed by atoms with Crippen LogP contribution in [0, 0.1) is 5.82 Å². The minimum Gasteiger partial charge on any atom is -0.496 e. The number of benzene rings is 1. The molecule has 7 heteroatoms. The number of carbonyl (C=O) groups excluding carboxylic acids is 1. The van der Waals surface area contributed by atoms with E-state index in [0.29, 0.717) is 18.6 Å². The molecule has 2 rings (SSSR count). The van der Waals surface area contributed by atoms with Crippen LogP contribution in [0.3, 0.4) is 0 Å². The molecule has 0 N–H and O–H groups in total. The lowest BCUT2D eigenvalue weighted by Crippen LogP contribution is -2.41. The summed E-state index contributed by atoms with van der Waals surface area (Å²) in [6, 6.07) is 2.91. The van der Waals surface area contributed by atoms with Crippen molar-refractivity contribution in [2.45, 2.75) is 52.7 Å². The molecular weight excluding hydrogens is 324 g/mol. The van der Waals surface area contributed by atoms with Gasteiger partial charge in [0.05, 0.1) is 18.3 Å². The Kier molecular flexibility index (Phi) is 5.49. The van der Waals surface area contributed by atoms with Crippen LogP contribution in [-0.2, 0) is 9.31 Å². The summed E-state index contributed by atoms with van der Waals surface area (Å²) in [5, 5.41) is 0. The zero-order chi connectivity index (χ0) is 19.0. The van der Waals surface area contributed by atoms with Gasteiger partial charge in [-0.25, -0.2) is 4.39 Å². The molecule has 1 aliphatic rings. The Labute approximate surface area is 149 Å². The Balaban J connectivity index is 2.43. The van der Waals surface area contributed by atoms with Gasteiger partial charge in [0, 0.05) is 13.1 Å². The first kappa shape index (κ1) is 19.7. The molecule has 1 amide bonds. The van der Waals surface area contributed by atoms with E-state index >= 15 is 0 Å². The highest BCUT2D eigenvalue weighted by atomic mass is 19.1. The number of halogens is 1. The van der Waals surface area contributed by atoms with E-state index in [-0.39, 0.29) is 17.2 Å². The molecule has 5 nitrogen and oxygen atoms in total. The van der Waals surface area contributed by atoms with Crippen molar-refractivity contribution in [3.05, 3.63) is 23.5 Å². The van der Waals surface area contributed by atoms with E-state index in [4.69, 9.17) is 14.0 Å². The summed E-state index contributed by atoms with van der Waals surface area (Å²) in [5.41, 5.74) is -0.635. The Morgan fingerprint density at radius 2 is 1.68 bits per heavy atom. The van der Waals surface area contributed by atoms with Gasteiger partial charge in [-0.1, -0.05) is 0 Å². The summed E-state index contributed by atoms with van der Waals surface area (Å²) in [4.78, 5) is 14.1. The van der Waals surface area contributed by atoms with Crippen LogP contribution in [0.2, 0.25) is 0 Å². The maximum Gasteiger partial charge on any atom is 0.495 e. The van der Waals surface area contributed by atoms with Crippen molar-refractivity contribution in [1.29, 1.82) is 0 Å². The molecule has 1 saturated heterocycles. The molecular formula is C18H27BFNO4. The van der Waals surface area contributed by atoms with Gasteiger partial charge in [0.1, 0.15) is 17.1 Å². The third-order valence-electron chi connectivity index (χ3n) is 5.09. The van der Waals surface area contributed by atoms with Gasteiger partial charge in [0.2, 0.25) is 0 Å². The summed E-state index contributed by atoms with van der Waals surface area (Å²) >= 11 is 0. The first-order valence-electron chi connectivity index (χ1n) is 8.60. The van der Waals surface area contributed by atoms with Gasteiger partial charge < -0.3 is 18.9 Å². The highest BCUT2D eigenvalue weighted by Gasteiger charge is 2.52. The second-order valence-electron chi connectivity index (χ2n) is 7.15. The second-order valence-corrected chi connectivity index (χ2v) is 7.15. The van der Waals surface area contributed by atoms with Crippen molar-refractivity contribution >= 4 is 18.5 Å². The average Bonchev–Trinajstić information content (AvgIpc) is 2.75. The number of ether oxygens (including phenoxy) is 1. The van der Waals surface area contributed by atoms with Crippen molar-refractivity contribution in [2.75, 3.05) is 20.2 Å². The predicted octanol–water partition coefficient (Wildman–Crippen LogP) is 2.62. The van der Waals surface area contributed by atoms with Crippen molar-refractivity contribution in [1.82, 2.24) is 4.90 Å². The molecule has 1 aliphatic heterocycles. The van der Waals surface area contributed by atoms with Crippen LogP contribution >= 0.6 is 0 Å². The van der Waals surface area contributed by atoms with E-state index in [2.05, 4.69) is 0 Å². The fourth-order valence-corrected chi connectivity index (χ4v) is 2.75. The molecule has 0 aromatic heterocycles. The third kappa shape index (κ3) is 3.53. The zero-order valence-electron chi connectivity index (χ0n) is 16.1. The molecule has 1 heterocycles. The first-order chi connectivity index (χ1) is 11.6. The molecule has 25 heavy (non-hydrogen) atoms. The van der Waals surface area contributed by atoms with E-state index in [1.807, 2.05) is 41.5 Å². The van der Waals surface area contributed by atoms with Crippen molar-refractivity contribution in [3.63, 3.8) is 0 Å². The molecule has 1 aromatic rings. The van der Waals surface area contributed by atoms with E-state index in [1.165, 1.54) is 13.2 Å². The quantitative estimate of drug-likeness (QED) is 0.766. The maximum absolute atomic E-state index is 14.8. The maximum atomic E-state index is 14.8. The molecule has 0 spiro atoms. The fraction of sp³-hybridized carbons (Fsp3) is 0.611. The lowest BCUT2D eigenvalue weighted by Gasteiger charge is -2.32. The second kappa shape index (κ2) is 6.96. The van der Waals surface area contributed by atoms with Gasteiger partial charge in [0.15, 0.2) is 0 Å². The van der Waals surface area contributed by atoms with Gasteiger partial charge in [-0.2, -0.15) is 0 Å². The first-order valence-corrected chi connectivity index (χ1v) is 8.60. The highest BCUT2D eigenvalue weighted by Crippen LogP contribution is 2.37. The van der Waals surface area contributed by atoms with Gasteiger partial charge in [-0.05, 0) is 59.1 Å². The molecule has 1 fully saturated rings. The normalized spacial score (nSPS) is 18.3. The predicted molar refractivity (Wildman–Crippen MR) is 95.9 cm³/mol. The van der Waals surface area contributed by atoms with Crippen LogP contribution in [0.15, 0.2) is 12.1 Å². The lowest BCUT2D eigenvalue weighted by molar-refractivity contribution is 0.00578. The number of nitrogens with zero attached hydrogens (tertiary/aromatic N) is 1. The molecule has 0 bridgehead atoms. The van der Waals surface area contributed by atoms with Crippen LogP contribution in [0.1, 0.15) is 51.9 Å². The molecule has 0 aliphatic carbocycles. The minimum atomic E-state index is -0.717. The number of rotatable bonds is 5. The Morgan fingerprint density at radius 3 is 2.12 bits per heavy atom. The fourth-order valence-electron chi connectivity index (χ4n) is 2.75. The summed E-state index contributed by atoms with van der Waals surface area (Å²) in [5.74, 6) is -0.845. The van der Waals surface area contributed by atoms with E-state index in [0.717, 1.165) is 0 Å². The molecule has 138 valence electrons. The number of hydrogen-bond acceptors (Lipinski definition) is 4. The lowest BCUT2D eigenvalue weighted by atomic mass is 9.78. The number of methoxy groups -OCH3 is 1. The largest absolute Gasteiger partial charge is 0.496 e. The van der Waals surface area contributed by atoms with Gasteiger partial charge in [-0.3, -0.25) is 4.79 Å². The summed E-state index contributed by atoms with van der Waals surface area (Å²) in [6.07, 6.45) is 0. The van der Waals surface area contributed by atoms with Gasteiger partial charge in [0.25, 0.3) is 5.91 Å². The summed E-state index contributed by atoms with van der Waals surface area (Å²) in [6.45, 7) is 12.4. The van der Waals surface area contributed by atoms with Crippen molar-refractivity contribution in [3.8, 4) is 5.75 Å². The number of amides is 1. The summed E-state index contributed by atoms with van der Waals surface area (Å²) < 4.78 is 32.0. The monoisotopic (exact) mass is 351 g/mol. The van der Waals surface area contributed by atoms with Crippen molar-refractivity contribution < 1.29 is 23.2 Å². The zero-order valence-corrected chi connectivity index (χ0v) is 16.1. The van der Waals surface area contributed by atoms with E-state index in [1.54, 1.807) is 11.0 Å². The Morgan fingerprint density at radius 1 is 1.16 bits per heavy atom. The van der Waals surface area contributed by atoms with E-state index < -0.39 is 24.1 Å². The van der Waals surface area contributed by atoms with Crippen LogP contribution in [0.5, 0.6) is 5.75 Å². The number of hydrogen-bond donors (Lipinski definition) is 0. The Bertz CT molecular complexity index is 643. The number of carbonyl (C=O) groups is 1. The molecule has 0 atom stereocenters. The molecule has 0 unspecified atom stereocenters. The van der Waals surface area contributed by atoms with Gasteiger partial charge in [-0.15, -0.1) is 0 Å². The third-order valence-corrected chi connectivity index (χ3v) is 5.09. The van der Waals surface area contributed by atoms with Crippen LogP contribution in [-0.4, -0.2) is 49.3 Å². The Hall–Kier alpha value is -1.60. The van der Waals surface area contributed by atoms with Crippen LogP contribution in [0.4, 0.5) is 4.39 Å². The van der Waals surface area contributed by atoms with Crippen molar-refractivity contribution in [2.24, 2.45) is 0 Å². The smallest absolute Gasteiger partial charge is 0.495 e. The van der Waals surface area contributed by atoms with Crippen LogP contribution in [0.25, 0.3) is 0 Å². The average molecular weight is 351 g/mol. The SMILES string of the molecule is CCN(CC)C(=O)c1c(F)cc(B2OC(C)(C)C(C)(C)O2)cc1OC. The molecule has 0 saturated carbocycles. The van der Waals surface area contributed by atoms with E-state index in [9.17, 15) is 9.18 Å². The van der Waals surface area contributed by atoms with Gasteiger partial charge >= 0.3 is 7.12 Å². The molecule has 1 aromatic carbocycles. The van der Waals surface area contributed by atoms with Crippen LogP contribution < -0.4 is 10.2 Å². The summed E-state index contributed by atoms with van der Waals surface area (Å²) in [7, 11) is 0.702. The molecule has 0 radical (unpaired) electrons.